The summed E-state index contributed by atoms with van der Waals surface area (Å²) in [6.45, 7) is 1.95. The van der Waals surface area contributed by atoms with Gasteiger partial charge in [0.2, 0.25) is 0 Å². The van der Waals surface area contributed by atoms with Crippen LogP contribution in [0.25, 0.3) is 6.08 Å². The molecule has 1 N–H and O–H groups in total. The molecule has 2 aromatic rings. The summed E-state index contributed by atoms with van der Waals surface area (Å²) in [6, 6.07) is 11.2. The highest BCUT2D eigenvalue weighted by Crippen LogP contribution is 2.32. The highest BCUT2D eigenvalue weighted by Gasteiger charge is 2.07. The second-order valence-corrected chi connectivity index (χ2v) is 6.20. The van der Waals surface area contributed by atoms with Gasteiger partial charge in [-0.15, -0.1) is 0 Å². The lowest BCUT2D eigenvalue weighted by molar-refractivity contribution is -0.131. The third-order valence-electron chi connectivity index (χ3n) is 2.74. The molecular weight excluding hydrogens is 400 g/mol. The number of hydrogen-bond acceptors (Lipinski definition) is 2. The molecule has 21 heavy (non-hydrogen) atoms. The molecule has 0 aliphatic heterocycles. The van der Waals surface area contributed by atoms with Crippen LogP contribution in [0.1, 0.15) is 11.1 Å². The zero-order valence-corrected chi connectivity index (χ0v) is 14.3. The SMILES string of the molecule is Cc1cc(Br)ccc1Oc1cc(Br)ccc1C=CC(=O)O. The molecule has 0 saturated heterocycles. The summed E-state index contributed by atoms with van der Waals surface area (Å²) in [5.74, 6) is 0.317. The van der Waals surface area contributed by atoms with Crippen molar-refractivity contribution in [2.75, 3.05) is 0 Å². The number of halogens is 2. The molecule has 0 radical (unpaired) electrons. The molecule has 3 nitrogen and oxygen atoms in total. The Labute approximate surface area is 139 Å². The van der Waals surface area contributed by atoms with Crippen molar-refractivity contribution in [3.63, 3.8) is 0 Å². The fourth-order valence-corrected chi connectivity index (χ4v) is 2.56. The first-order valence-electron chi connectivity index (χ1n) is 6.10. The molecule has 0 amide bonds. The lowest BCUT2D eigenvalue weighted by Gasteiger charge is -2.12. The van der Waals surface area contributed by atoms with Gasteiger partial charge >= 0.3 is 5.97 Å². The van der Waals surface area contributed by atoms with Crippen LogP contribution in [-0.2, 0) is 4.79 Å². The molecule has 0 aromatic heterocycles. The Hall–Kier alpha value is -1.59. The van der Waals surface area contributed by atoms with Gasteiger partial charge in [0.15, 0.2) is 0 Å². The third-order valence-corrected chi connectivity index (χ3v) is 3.72. The molecule has 0 aliphatic rings. The molecule has 5 heteroatoms. The van der Waals surface area contributed by atoms with Gasteiger partial charge in [-0.05, 0) is 48.9 Å². The van der Waals surface area contributed by atoms with Gasteiger partial charge in [0.1, 0.15) is 11.5 Å². The van der Waals surface area contributed by atoms with E-state index in [9.17, 15) is 4.79 Å². The summed E-state index contributed by atoms with van der Waals surface area (Å²) < 4.78 is 7.75. The van der Waals surface area contributed by atoms with Gasteiger partial charge < -0.3 is 9.84 Å². The van der Waals surface area contributed by atoms with Crippen LogP contribution in [-0.4, -0.2) is 11.1 Å². The van der Waals surface area contributed by atoms with Gasteiger partial charge in [0.05, 0.1) is 0 Å². The van der Waals surface area contributed by atoms with E-state index in [0.717, 1.165) is 26.3 Å². The summed E-state index contributed by atoms with van der Waals surface area (Å²) in [7, 11) is 0. The number of aryl methyl sites for hydroxylation is 1. The second-order valence-electron chi connectivity index (χ2n) is 4.37. The van der Waals surface area contributed by atoms with Crippen LogP contribution < -0.4 is 4.74 Å². The molecule has 2 aromatic carbocycles. The van der Waals surface area contributed by atoms with Crippen molar-refractivity contribution >= 4 is 43.9 Å². The Balaban J connectivity index is 2.38. The molecule has 0 spiro atoms. The average Bonchev–Trinajstić information content (AvgIpc) is 2.41. The van der Waals surface area contributed by atoms with E-state index in [1.807, 2.05) is 37.3 Å². The summed E-state index contributed by atoms with van der Waals surface area (Å²) in [5, 5.41) is 8.74. The van der Waals surface area contributed by atoms with Crippen molar-refractivity contribution < 1.29 is 14.6 Å². The maximum absolute atomic E-state index is 10.7. The van der Waals surface area contributed by atoms with E-state index in [2.05, 4.69) is 31.9 Å². The number of carboxylic acid groups (broad SMARTS) is 1. The van der Waals surface area contributed by atoms with Gasteiger partial charge in [-0.3, -0.25) is 0 Å². The Bertz CT molecular complexity index is 709. The first-order valence-corrected chi connectivity index (χ1v) is 7.69. The normalized spacial score (nSPS) is 10.8. The maximum Gasteiger partial charge on any atom is 0.328 e. The molecule has 0 unspecified atom stereocenters. The lowest BCUT2D eigenvalue weighted by Crippen LogP contribution is -1.91. The molecule has 0 fully saturated rings. The van der Waals surface area contributed by atoms with E-state index in [1.54, 1.807) is 6.07 Å². The molecular formula is C16H12Br2O3. The zero-order valence-electron chi connectivity index (χ0n) is 11.1. The van der Waals surface area contributed by atoms with Crippen molar-refractivity contribution in [3.8, 4) is 11.5 Å². The number of rotatable bonds is 4. The van der Waals surface area contributed by atoms with Crippen molar-refractivity contribution in [3.05, 3.63) is 62.5 Å². The lowest BCUT2D eigenvalue weighted by atomic mass is 10.1. The minimum Gasteiger partial charge on any atom is -0.478 e. The Morgan fingerprint density at radius 1 is 1.10 bits per heavy atom. The second kappa shape index (κ2) is 6.91. The number of carbonyl (C=O) groups is 1. The fourth-order valence-electron chi connectivity index (χ4n) is 1.74. The number of ether oxygens (including phenoxy) is 1. The van der Waals surface area contributed by atoms with Crippen LogP contribution in [0, 0.1) is 6.92 Å². The Morgan fingerprint density at radius 3 is 2.43 bits per heavy atom. The summed E-state index contributed by atoms with van der Waals surface area (Å²) in [4.78, 5) is 10.7. The van der Waals surface area contributed by atoms with Crippen LogP contribution >= 0.6 is 31.9 Å². The minimum absolute atomic E-state index is 0.590. The van der Waals surface area contributed by atoms with E-state index in [4.69, 9.17) is 9.84 Å². The Kier molecular flexibility index (Phi) is 5.20. The number of carboxylic acids is 1. The van der Waals surface area contributed by atoms with Gasteiger partial charge in [-0.1, -0.05) is 37.9 Å². The molecule has 0 aliphatic carbocycles. The van der Waals surface area contributed by atoms with Crippen LogP contribution in [0.4, 0.5) is 0 Å². The summed E-state index contributed by atoms with van der Waals surface area (Å²) in [6.07, 6.45) is 2.60. The van der Waals surface area contributed by atoms with Crippen molar-refractivity contribution in [1.29, 1.82) is 0 Å². The molecule has 0 heterocycles. The smallest absolute Gasteiger partial charge is 0.328 e. The van der Waals surface area contributed by atoms with Crippen molar-refractivity contribution in [2.24, 2.45) is 0 Å². The molecule has 0 bridgehead atoms. The van der Waals surface area contributed by atoms with Gasteiger partial charge in [-0.2, -0.15) is 0 Å². The van der Waals surface area contributed by atoms with E-state index in [0.29, 0.717) is 11.3 Å². The zero-order chi connectivity index (χ0) is 15.4. The van der Waals surface area contributed by atoms with Crippen LogP contribution in [0.2, 0.25) is 0 Å². The minimum atomic E-state index is -0.997. The van der Waals surface area contributed by atoms with E-state index in [-0.39, 0.29) is 0 Å². The number of hydrogen-bond donors (Lipinski definition) is 1. The third kappa shape index (κ3) is 4.44. The highest BCUT2D eigenvalue weighted by molar-refractivity contribution is 9.10. The first-order chi connectivity index (χ1) is 9.95. The topological polar surface area (TPSA) is 46.5 Å². The summed E-state index contributed by atoms with van der Waals surface area (Å²) >= 11 is 6.80. The van der Waals surface area contributed by atoms with Crippen LogP contribution in [0.15, 0.2) is 51.4 Å². The maximum atomic E-state index is 10.7. The van der Waals surface area contributed by atoms with Crippen molar-refractivity contribution in [1.82, 2.24) is 0 Å². The average molecular weight is 412 g/mol. The van der Waals surface area contributed by atoms with E-state index < -0.39 is 5.97 Å². The van der Waals surface area contributed by atoms with Crippen LogP contribution in [0.5, 0.6) is 11.5 Å². The van der Waals surface area contributed by atoms with Gasteiger partial charge in [0, 0.05) is 20.6 Å². The van der Waals surface area contributed by atoms with Crippen molar-refractivity contribution in [2.45, 2.75) is 6.92 Å². The molecule has 2 rings (SSSR count). The van der Waals surface area contributed by atoms with Crippen LogP contribution in [0.3, 0.4) is 0 Å². The molecule has 108 valence electrons. The molecule has 0 saturated carbocycles. The number of benzene rings is 2. The standard InChI is InChI=1S/C16H12Br2O3/c1-10-8-12(17)5-6-14(10)21-15-9-13(18)4-2-11(15)3-7-16(19)20/h2-9H,1H3,(H,19,20). The monoisotopic (exact) mass is 410 g/mol. The van der Waals surface area contributed by atoms with E-state index >= 15 is 0 Å². The van der Waals surface area contributed by atoms with E-state index in [1.165, 1.54) is 6.08 Å². The quantitative estimate of drug-likeness (QED) is 0.684. The Morgan fingerprint density at radius 2 is 1.76 bits per heavy atom. The number of aliphatic carboxylic acids is 1. The van der Waals surface area contributed by atoms with Gasteiger partial charge in [0.25, 0.3) is 0 Å². The predicted molar refractivity (Wildman–Crippen MR) is 89.8 cm³/mol. The largest absolute Gasteiger partial charge is 0.478 e. The fraction of sp³-hybridized carbons (Fsp3) is 0.0625. The molecule has 0 atom stereocenters. The first kappa shape index (κ1) is 15.8. The van der Waals surface area contributed by atoms with Gasteiger partial charge in [-0.25, -0.2) is 4.79 Å². The predicted octanol–water partition coefficient (Wildman–Crippen LogP) is 5.41. The highest BCUT2D eigenvalue weighted by atomic mass is 79.9. The summed E-state index contributed by atoms with van der Waals surface area (Å²) in [5.41, 5.74) is 1.68.